The van der Waals surface area contributed by atoms with Crippen LogP contribution in [-0.4, -0.2) is 16.6 Å². The Labute approximate surface area is 130 Å². The normalized spacial score (nSPS) is 18.7. The van der Waals surface area contributed by atoms with E-state index >= 15 is 0 Å². The monoisotopic (exact) mass is 307 g/mol. The molecule has 1 N–H and O–H groups in total. The van der Waals surface area contributed by atoms with Crippen molar-refractivity contribution in [2.75, 3.05) is 10.3 Å². The number of anilines is 2. The van der Waals surface area contributed by atoms with Gasteiger partial charge in [0, 0.05) is 11.3 Å². The first kappa shape index (κ1) is 13.2. The molecule has 112 valence electrons. The molecule has 2 aromatic carbocycles. The van der Waals surface area contributed by atoms with E-state index in [1.54, 1.807) is 36.4 Å². The molecule has 23 heavy (non-hydrogen) atoms. The van der Waals surface area contributed by atoms with Gasteiger partial charge in [-0.3, -0.25) is 9.59 Å². The van der Waals surface area contributed by atoms with Crippen LogP contribution in [-0.2, 0) is 0 Å². The SMILES string of the molecule is O=C1/C(=C2\C(=O)c3ccccc3N2[N+](=O)[O-])Nc2ccccc21. The summed E-state index contributed by atoms with van der Waals surface area (Å²) in [6.07, 6.45) is 0. The van der Waals surface area contributed by atoms with Crippen LogP contribution in [0.2, 0.25) is 0 Å². The van der Waals surface area contributed by atoms with E-state index in [2.05, 4.69) is 5.32 Å². The van der Waals surface area contributed by atoms with Crippen LogP contribution in [0.1, 0.15) is 20.7 Å². The molecule has 7 nitrogen and oxygen atoms in total. The van der Waals surface area contributed by atoms with E-state index in [1.807, 2.05) is 0 Å². The average Bonchev–Trinajstić information content (AvgIpc) is 3.03. The van der Waals surface area contributed by atoms with Gasteiger partial charge in [-0.25, -0.2) is 10.1 Å². The molecule has 0 aromatic heterocycles. The Morgan fingerprint density at radius 3 is 2.26 bits per heavy atom. The molecule has 0 unspecified atom stereocenters. The van der Waals surface area contributed by atoms with Crippen LogP contribution in [0, 0.1) is 10.1 Å². The van der Waals surface area contributed by atoms with Gasteiger partial charge in [0.1, 0.15) is 11.4 Å². The van der Waals surface area contributed by atoms with Crippen molar-refractivity contribution in [1.29, 1.82) is 0 Å². The molecular formula is C16H9N3O4. The molecule has 7 heteroatoms. The predicted molar refractivity (Wildman–Crippen MR) is 81.7 cm³/mol. The maximum absolute atomic E-state index is 12.6. The van der Waals surface area contributed by atoms with Crippen LogP contribution in [0.15, 0.2) is 59.9 Å². The van der Waals surface area contributed by atoms with Crippen molar-refractivity contribution in [3.05, 3.63) is 81.2 Å². The molecule has 0 saturated heterocycles. The zero-order chi connectivity index (χ0) is 16.1. The van der Waals surface area contributed by atoms with Gasteiger partial charge in [-0.2, -0.15) is 0 Å². The third kappa shape index (κ3) is 1.70. The summed E-state index contributed by atoms with van der Waals surface area (Å²) in [6.45, 7) is 0. The maximum Gasteiger partial charge on any atom is 0.220 e. The van der Waals surface area contributed by atoms with Crippen molar-refractivity contribution in [2.24, 2.45) is 0 Å². The van der Waals surface area contributed by atoms with Gasteiger partial charge in [-0.1, -0.05) is 29.3 Å². The minimum absolute atomic E-state index is 0.0656. The Balaban J connectivity index is 1.95. The lowest BCUT2D eigenvalue weighted by Gasteiger charge is -2.10. The highest BCUT2D eigenvalue weighted by molar-refractivity contribution is 6.27. The number of ketones is 2. The number of fused-ring (bicyclic) bond motifs is 2. The molecule has 2 aliphatic heterocycles. The Morgan fingerprint density at radius 2 is 1.57 bits per heavy atom. The molecule has 0 aliphatic carbocycles. The largest absolute Gasteiger partial charge is 0.350 e. The number of hydrogen-bond acceptors (Lipinski definition) is 5. The van der Waals surface area contributed by atoms with Crippen molar-refractivity contribution in [3.8, 4) is 0 Å². The molecule has 0 atom stereocenters. The molecule has 2 heterocycles. The highest BCUT2D eigenvalue weighted by Crippen LogP contribution is 2.39. The number of carbonyl (C=O) groups excluding carboxylic acids is 2. The molecule has 0 spiro atoms. The average molecular weight is 307 g/mol. The number of Topliss-reactive ketones (excluding diaryl/α,β-unsaturated/α-hetero) is 2. The summed E-state index contributed by atoms with van der Waals surface area (Å²) in [5, 5.41) is 14.3. The summed E-state index contributed by atoms with van der Waals surface area (Å²) in [7, 11) is 0. The first-order chi connectivity index (χ1) is 11.1. The fourth-order valence-electron chi connectivity index (χ4n) is 2.87. The van der Waals surface area contributed by atoms with Gasteiger partial charge in [-0.05, 0) is 24.3 Å². The molecule has 0 amide bonds. The van der Waals surface area contributed by atoms with Gasteiger partial charge in [0.15, 0.2) is 10.7 Å². The Bertz CT molecular complexity index is 932. The van der Waals surface area contributed by atoms with Crippen LogP contribution in [0.25, 0.3) is 0 Å². The minimum atomic E-state index is -0.690. The predicted octanol–water partition coefficient (Wildman–Crippen LogP) is 2.40. The van der Waals surface area contributed by atoms with Crippen molar-refractivity contribution >= 4 is 22.9 Å². The topological polar surface area (TPSA) is 92.5 Å². The summed E-state index contributed by atoms with van der Waals surface area (Å²) in [6, 6.07) is 13.0. The third-order valence-electron chi connectivity index (χ3n) is 3.86. The van der Waals surface area contributed by atoms with Crippen LogP contribution >= 0.6 is 0 Å². The molecule has 0 saturated carbocycles. The minimum Gasteiger partial charge on any atom is -0.350 e. The van der Waals surface area contributed by atoms with Gasteiger partial charge in [0.25, 0.3) is 0 Å². The molecule has 2 aliphatic rings. The van der Waals surface area contributed by atoms with Gasteiger partial charge < -0.3 is 5.32 Å². The van der Waals surface area contributed by atoms with Crippen molar-refractivity contribution in [1.82, 2.24) is 0 Å². The van der Waals surface area contributed by atoms with Crippen LogP contribution < -0.4 is 10.3 Å². The molecule has 2 aromatic rings. The molecule has 0 bridgehead atoms. The van der Waals surface area contributed by atoms with Crippen molar-refractivity contribution in [3.63, 3.8) is 0 Å². The number of hydrogen-bond donors (Lipinski definition) is 1. The first-order valence-corrected chi connectivity index (χ1v) is 6.83. The second-order valence-electron chi connectivity index (χ2n) is 5.12. The molecule has 0 fully saturated rings. The lowest BCUT2D eigenvalue weighted by atomic mass is 10.1. The highest BCUT2D eigenvalue weighted by atomic mass is 16.7. The van der Waals surface area contributed by atoms with Crippen LogP contribution in [0.3, 0.4) is 0 Å². The van der Waals surface area contributed by atoms with Gasteiger partial charge in [0.05, 0.1) is 5.56 Å². The van der Waals surface area contributed by atoms with E-state index in [9.17, 15) is 19.7 Å². The van der Waals surface area contributed by atoms with Crippen LogP contribution in [0.5, 0.6) is 0 Å². The molecule has 4 rings (SSSR count). The van der Waals surface area contributed by atoms with Gasteiger partial charge in [0.2, 0.25) is 11.6 Å². The first-order valence-electron chi connectivity index (χ1n) is 6.83. The van der Waals surface area contributed by atoms with Crippen molar-refractivity contribution in [2.45, 2.75) is 0 Å². The van der Waals surface area contributed by atoms with Crippen LogP contribution in [0.4, 0.5) is 11.4 Å². The number of carbonyl (C=O) groups is 2. The highest BCUT2D eigenvalue weighted by Gasteiger charge is 2.45. The van der Waals surface area contributed by atoms with E-state index in [-0.39, 0.29) is 22.6 Å². The summed E-state index contributed by atoms with van der Waals surface area (Å²) in [5.74, 6) is -0.968. The standard InChI is InChI=1S/C16H9N3O4/c20-15-9-5-1-3-7-11(9)17-13(15)14-16(21)10-6-2-4-8-12(10)18(14)19(22)23/h1-8,17H/b14-13-. The number of nitrogens with zero attached hydrogens (tertiary/aromatic N) is 2. The number of rotatable bonds is 1. The second kappa shape index (κ2) is 4.51. The number of hydrazine groups is 1. The zero-order valence-corrected chi connectivity index (χ0v) is 11.6. The lowest BCUT2D eigenvalue weighted by molar-refractivity contribution is -0.486. The number of para-hydroxylation sites is 2. The zero-order valence-electron chi connectivity index (χ0n) is 11.6. The molecular weight excluding hydrogens is 298 g/mol. The number of nitrogens with one attached hydrogen (secondary N) is 1. The summed E-state index contributed by atoms with van der Waals surface area (Å²) >= 11 is 0. The summed E-state index contributed by atoms with van der Waals surface area (Å²) < 4.78 is 0. The molecule has 0 radical (unpaired) electrons. The fraction of sp³-hybridized carbons (Fsp3) is 0. The smallest absolute Gasteiger partial charge is 0.220 e. The number of benzene rings is 2. The summed E-state index contributed by atoms with van der Waals surface area (Å²) in [4.78, 5) is 36.6. The second-order valence-corrected chi connectivity index (χ2v) is 5.12. The van der Waals surface area contributed by atoms with Gasteiger partial charge >= 0.3 is 0 Å². The third-order valence-corrected chi connectivity index (χ3v) is 3.86. The van der Waals surface area contributed by atoms with E-state index < -0.39 is 16.6 Å². The van der Waals surface area contributed by atoms with Gasteiger partial charge in [-0.15, -0.1) is 0 Å². The lowest BCUT2D eigenvalue weighted by Crippen LogP contribution is -2.30. The Kier molecular flexibility index (Phi) is 2.59. The Morgan fingerprint density at radius 1 is 0.913 bits per heavy atom. The van der Waals surface area contributed by atoms with E-state index in [0.717, 1.165) is 0 Å². The summed E-state index contributed by atoms with van der Waals surface area (Å²) in [5.41, 5.74) is 0.975. The fourth-order valence-corrected chi connectivity index (χ4v) is 2.87. The Hall–Kier alpha value is -3.48. The number of allylic oxidation sites excluding steroid dienone is 2. The number of nitro groups is 1. The van der Waals surface area contributed by atoms with E-state index in [1.165, 1.54) is 12.1 Å². The van der Waals surface area contributed by atoms with E-state index in [0.29, 0.717) is 16.3 Å². The van der Waals surface area contributed by atoms with Crippen molar-refractivity contribution < 1.29 is 14.6 Å². The quantitative estimate of drug-likeness (QED) is 0.494. The maximum atomic E-state index is 12.6. The van der Waals surface area contributed by atoms with E-state index in [4.69, 9.17) is 0 Å².